The Morgan fingerprint density at radius 1 is 1.25 bits per heavy atom. The van der Waals surface area contributed by atoms with Crippen LogP contribution in [0.2, 0.25) is 0 Å². The molecule has 0 aromatic heterocycles. The van der Waals surface area contributed by atoms with Gasteiger partial charge in [0.1, 0.15) is 0 Å². The van der Waals surface area contributed by atoms with E-state index in [-0.39, 0.29) is 12.5 Å². The van der Waals surface area contributed by atoms with Gasteiger partial charge in [0.2, 0.25) is 0 Å². The zero-order valence-corrected chi connectivity index (χ0v) is 13.7. The molecular formula is C17H23N3O4. The van der Waals surface area contributed by atoms with Gasteiger partial charge in [-0.3, -0.25) is 9.59 Å². The largest absolute Gasteiger partial charge is 0.481 e. The number of carboxylic acid groups (broad SMARTS) is 1. The summed E-state index contributed by atoms with van der Waals surface area (Å²) in [7, 11) is 0. The van der Waals surface area contributed by atoms with Gasteiger partial charge in [-0.05, 0) is 37.5 Å². The molecule has 24 heavy (non-hydrogen) atoms. The van der Waals surface area contributed by atoms with Gasteiger partial charge in [-0.15, -0.1) is 0 Å². The van der Waals surface area contributed by atoms with Crippen molar-refractivity contribution in [3.05, 3.63) is 35.4 Å². The average molecular weight is 333 g/mol. The predicted octanol–water partition coefficient (Wildman–Crippen LogP) is 1.62. The molecule has 3 amide bonds. The van der Waals surface area contributed by atoms with E-state index in [0.717, 1.165) is 18.4 Å². The molecule has 5 N–H and O–H groups in total. The molecule has 7 heteroatoms. The highest BCUT2D eigenvalue weighted by Crippen LogP contribution is 2.34. The number of carbonyl (C=O) groups is 3. The maximum absolute atomic E-state index is 12.5. The minimum absolute atomic E-state index is 0.288. The van der Waals surface area contributed by atoms with Crippen molar-refractivity contribution in [2.75, 3.05) is 0 Å². The Labute approximate surface area is 140 Å². The second kappa shape index (κ2) is 7.33. The molecule has 0 radical (unpaired) electrons. The van der Waals surface area contributed by atoms with Crippen molar-refractivity contribution >= 4 is 17.9 Å². The van der Waals surface area contributed by atoms with Crippen LogP contribution in [0.1, 0.15) is 48.5 Å². The fourth-order valence-electron chi connectivity index (χ4n) is 3.17. The first-order chi connectivity index (χ1) is 11.3. The van der Waals surface area contributed by atoms with Gasteiger partial charge in [0.25, 0.3) is 5.91 Å². The summed E-state index contributed by atoms with van der Waals surface area (Å²) in [5.41, 5.74) is 5.54. The number of benzene rings is 1. The van der Waals surface area contributed by atoms with Crippen molar-refractivity contribution in [2.24, 2.45) is 11.7 Å². The van der Waals surface area contributed by atoms with E-state index in [4.69, 9.17) is 5.73 Å². The van der Waals surface area contributed by atoms with E-state index in [1.807, 2.05) is 0 Å². The number of hydrogen-bond acceptors (Lipinski definition) is 3. The van der Waals surface area contributed by atoms with Crippen molar-refractivity contribution < 1.29 is 19.5 Å². The Morgan fingerprint density at radius 2 is 1.92 bits per heavy atom. The number of urea groups is 1. The summed E-state index contributed by atoms with van der Waals surface area (Å²) < 4.78 is 0. The van der Waals surface area contributed by atoms with Crippen LogP contribution >= 0.6 is 0 Å². The van der Waals surface area contributed by atoms with Crippen molar-refractivity contribution in [3.63, 3.8) is 0 Å². The van der Waals surface area contributed by atoms with Gasteiger partial charge in [0.05, 0.1) is 11.5 Å². The standard InChI is InChI=1S/C17H23N3O4/c1-17(9-3-2-4-13(17)15(22)23)20-14(21)12-7-5-11(6-8-12)10-19-16(18)24/h5-8,13H,2-4,9-10H2,1H3,(H,20,21)(H,22,23)(H3,18,19,24). The fraction of sp³-hybridized carbons (Fsp3) is 0.471. The van der Waals surface area contributed by atoms with E-state index in [0.29, 0.717) is 18.4 Å². The Bertz CT molecular complexity index is 629. The summed E-state index contributed by atoms with van der Waals surface area (Å²) in [4.78, 5) is 34.6. The number of hydrogen-bond donors (Lipinski definition) is 4. The average Bonchev–Trinajstić information content (AvgIpc) is 2.53. The number of aliphatic carboxylic acids is 1. The number of amides is 3. The van der Waals surface area contributed by atoms with Crippen LogP contribution in [0.25, 0.3) is 0 Å². The van der Waals surface area contributed by atoms with Crippen molar-refractivity contribution in [2.45, 2.75) is 44.7 Å². The lowest BCUT2D eigenvalue weighted by atomic mass is 9.73. The molecule has 2 atom stereocenters. The molecule has 7 nitrogen and oxygen atoms in total. The third-order valence-electron chi connectivity index (χ3n) is 4.59. The summed E-state index contributed by atoms with van der Waals surface area (Å²) >= 11 is 0. The molecule has 1 aliphatic carbocycles. The molecule has 2 unspecified atom stereocenters. The third kappa shape index (κ3) is 4.24. The van der Waals surface area contributed by atoms with E-state index >= 15 is 0 Å². The van der Waals surface area contributed by atoms with Gasteiger partial charge in [-0.2, -0.15) is 0 Å². The summed E-state index contributed by atoms with van der Waals surface area (Å²) in [5.74, 6) is -1.74. The van der Waals surface area contributed by atoms with Crippen LogP contribution in [-0.4, -0.2) is 28.6 Å². The fourth-order valence-corrected chi connectivity index (χ4v) is 3.17. The molecule has 1 fully saturated rings. The lowest BCUT2D eigenvalue weighted by Gasteiger charge is -2.39. The van der Waals surface area contributed by atoms with Gasteiger partial charge in [-0.1, -0.05) is 25.0 Å². The van der Waals surface area contributed by atoms with Crippen LogP contribution < -0.4 is 16.4 Å². The topological polar surface area (TPSA) is 122 Å². The Balaban J connectivity index is 2.05. The maximum atomic E-state index is 12.5. The Morgan fingerprint density at radius 3 is 2.50 bits per heavy atom. The minimum atomic E-state index is -0.870. The predicted molar refractivity (Wildman–Crippen MR) is 88.3 cm³/mol. The van der Waals surface area contributed by atoms with Crippen molar-refractivity contribution in [3.8, 4) is 0 Å². The quantitative estimate of drug-likeness (QED) is 0.654. The molecule has 1 saturated carbocycles. The highest BCUT2D eigenvalue weighted by molar-refractivity contribution is 5.95. The molecular weight excluding hydrogens is 310 g/mol. The zero-order valence-electron chi connectivity index (χ0n) is 13.7. The normalized spacial score (nSPS) is 23.3. The van der Waals surface area contributed by atoms with Crippen LogP contribution in [0.3, 0.4) is 0 Å². The lowest BCUT2D eigenvalue weighted by Crippen LogP contribution is -2.55. The molecule has 2 rings (SSSR count). The third-order valence-corrected chi connectivity index (χ3v) is 4.59. The van der Waals surface area contributed by atoms with Crippen molar-refractivity contribution in [1.29, 1.82) is 0 Å². The van der Waals surface area contributed by atoms with Gasteiger partial charge in [0.15, 0.2) is 0 Å². The molecule has 1 aromatic carbocycles. The van der Waals surface area contributed by atoms with E-state index in [9.17, 15) is 19.5 Å². The van der Waals surface area contributed by atoms with Crippen LogP contribution in [-0.2, 0) is 11.3 Å². The number of rotatable bonds is 5. The van der Waals surface area contributed by atoms with Crippen molar-refractivity contribution in [1.82, 2.24) is 10.6 Å². The smallest absolute Gasteiger partial charge is 0.312 e. The van der Waals surface area contributed by atoms with Gasteiger partial charge < -0.3 is 21.5 Å². The molecule has 1 aromatic rings. The van der Waals surface area contributed by atoms with Crippen LogP contribution in [0.4, 0.5) is 4.79 Å². The van der Waals surface area contributed by atoms with E-state index in [1.165, 1.54) is 0 Å². The highest BCUT2D eigenvalue weighted by atomic mass is 16.4. The Hall–Kier alpha value is -2.57. The summed E-state index contributed by atoms with van der Waals surface area (Å²) in [5, 5.41) is 14.8. The second-order valence-electron chi connectivity index (χ2n) is 6.42. The SMILES string of the molecule is CC1(NC(=O)c2ccc(CNC(N)=O)cc2)CCCCC1C(=O)O. The molecule has 0 bridgehead atoms. The number of nitrogens with two attached hydrogens (primary N) is 1. The van der Waals surface area contributed by atoms with Crippen LogP contribution in [0, 0.1) is 5.92 Å². The van der Waals surface area contributed by atoms with Gasteiger partial charge in [0, 0.05) is 12.1 Å². The molecule has 0 saturated heterocycles. The number of carbonyl (C=O) groups excluding carboxylic acids is 2. The highest BCUT2D eigenvalue weighted by Gasteiger charge is 2.42. The van der Waals surface area contributed by atoms with Crippen LogP contribution in [0.5, 0.6) is 0 Å². The number of carboxylic acids is 1. The first kappa shape index (κ1) is 17.8. The molecule has 1 aliphatic rings. The second-order valence-corrected chi connectivity index (χ2v) is 6.42. The molecule has 0 aliphatic heterocycles. The van der Waals surface area contributed by atoms with E-state index in [2.05, 4.69) is 10.6 Å². The van der Waals surface area contributed by atoms with E-state index < -0.39 is 23.5 Å². The molecule has 0 heterocycles. The van der Waals surface area contributed by atoms with E-state index in [1.54, 1.807) is 31.2 Å². The monoisotopic (exact) mass is 333 g/mol. The number of nitrogens with one attached hydrogen (secondary N) is 2. The maximum Gasteiger partial charge on any atom is 0.312 e. The zero-order chi connectivity index (χ0) is 17.7. The summed E-state index contributed by atoms with van der Waals surface area (Å²) in [6.45, 7) is 2.09. The molecule has 130 valence electrons. The lowest BCUT2D eigenvalue weighted by molar-refractivity contribution is -0.145. The van der Waals surface area contributed by atoms with Crippen LogP contribution in [0.15, 0.2) is 24.3 Å². The summed E-state index contributed by atoms with van der Waals surface area (Å²) in [6, 6.07) is 6.14. The number of primary amides is 1. The Kier molecular flexibility index (Phi) is 5.43. The first-order valence-corrected chi connectivity index (χ1v) is 7.99. The van der Waals surface area contributed by atoms with Gasteiger partial charge >= 0.3 is 12.0 Å². The first-order valence-electron chi connectivity index (χ1n) is 7.99. The minimum Gasteiger partial charge on any atom is -0.481 e. The summed E-state index contributed by atoms with van der Waals surface area (Å²) in [6.07, 6.45) is 2.99. The molecule has 0 spiro atoms. The van der Waals surface area contributed by atoms with Gasteiger partial charge in [-0.25, -0.2) is 4.79 Å².